The zero-order valence-corrected chi connectivity index (χ0v) is 15.4. The van der Waals surface area contributed by atoms with E-state index in [1.807, 2.05) is 55.5 Å². The van der Waals surface area contributed by atoms with Crippen molar-refractivity contribution in [3.05, 3.63) is 74.0 Å². The Morgan fingerprint density at radius 3 is 2.65 bits per heavy atom. The van der Waals surface area contributed by atoms with Gasteiger partial charge in [0.15, 0.2) is 5.82 Å². The van der Waals surface area contributed by atoms with Crippen LogP contribution in [0.4, 0.5) is 0 Å². The number of thiazole rings is 1. The predicted molar refractivity (Wildman–Crippen MR) is 104 cm³/mol. The van der Waals surface area contributed by atoms with Crippen LogP contribution in [0.3, 0.4) is 0 Å². The summed E-state index contributed by atoms with van der Waals surface area (Å²) in [6, 6.07) is 14.9. The molecule has 2 aromatic carbocycles. The maximum Gasteiger partial charge on any atom is 0.276 e. The molecule has 0 radical (unpaired) electrons. The van der Waals surface area contributed by atoms with Gasteiger partial charge in [-0.1, -0.05) is 47.2 Å². The lowest BCUT2D eigenvalue weighted by Crippen LogP contribution is -2.23. The van der Waals surface area contributed by atoms with E-state index in [-0.39, 0.29) is 5.56 Å². The van der Waals surface area contributed by atoms with Crippen LogP contribution in [-0.2, 0) is 0 Å². The molecular formula is C19H14ClN3O2S. The lowest BCUT2D eigenvalue weighted by molar-refractivity contribution is 0.340. The van der Waals surface area contributed by atoms with Gasteiger partial charge < -0.3 is 4.74 Å². The number of rotatable bonds is 4. The highest BCUT2D eigenvalue weighted by Crippen LogP contribution is 2.25. The molecule has 0 amide bonds. The number of halogens is 1. The summed E-state index contributed by atoms with van der Waals surface area (Å²) < 4.78 is 7.53. The number of nitrogens with zero attached hydrogens (tertiary/aromatic N) is 3. The molecule has 7 heteroatoms. The van der Waals surface area contributed by atoms with Gasteiger partial charge in [0.25, 0.3) is 5.56 Å². The second-order valence-corrected chi connectivity index (χ2v) is 6.96. The number of benzene rings is 2. The van der Waals surface area contributed by atoms with E-state index in [1.165, 1.54) is 15.7 Å². The normalized spacial score (nSPS) is 12.0. The first-order chi connectivity index (χ1) is 12.7. The van der Waals surface area contributed by atoms with Crippen LogP contribution in [0.2, 0.25) is 5.02 Å². The average Bonchev–Trinajstić information content (AvgIpc) is 3.18. The van der Waals surface area contributed by atoms with Crippen LogP contribution in [0, 0.1) is 0 Å². The van der Waals surface area contributed by atoms with Gasteiger partial charge in [-0.2, -0.15) is 0 Å². The highest BCUT2D eigenvalue weighted by atomic mass is 35.5. The van der Waals surface area contributed by atoms with Crippen molar-refractivity contribution >= 4 is 34.0 Å². The minimum absolute atomic E-state index is 0.154. The van der Waals surface area contributed by atoms with E-state index < -0.39 is 0 Å². The summed E-state index contributed by atoms with van der Waals surface area (Å²) in [5, 5.41) is 8.80. The summed E-state index contributed by atoms with van der Waals surface area (Å²) >= 11 is 7.55. The van der Waals surface area contributed by atoms with E-state index in [1.54, 1.807) is 6.07 Å². The van der Waals surface area contributed by atoms with Crippen molar-refractivity contribution in [1.82, 2.24) is 14.6 Å². The Labute approximate surface area is 158 Å². The summed E-state index contributed by atoms with van der Waals surface area (Å²) in [5.74, 6) is 1.26. The van der Waals surface area contributed by atoms with Crippen molar-refractivity contribution < 1.29 is 4.74 Å². The second-order valence-electron chi connectivity index (χ2n) is 5.54. The second kappa shape index (κ2) is 6.90. The van der Waals surface area contributed by atoms with Gasteiger partial charge in [-0.3, -0.25) is 4.79 Å². The summed E-state index contributed by atoms with van der Waals surface area (Å²) in [4.78, 5) is 13.4. The Morgan fingerprint density at radius 1 is 1.15 bits per heavy atom. The first-order valence-electron chi connectivity index (χ1n) is 8.05. The van der Waals surface area contributed by atoms with Gasteiger partial charge in [-0.05, 0) is 42.8 Å². The molecule has 0 saturated heterocycles. The Kier molecular flexibility index (Phi) is 4.44. The highest BCUT2D eigenvalue weighted by molar-refractivity contribution is 7.15. The topological polar surface area (TPSA) is 56.5 Å². The smallest absolute Gasteiger partial charge is 0.276 e. The maximum atomic E-state index is 12.9. The SMILES string of the molecule is CCOc1ccc(/C=c2/sc3nnc(-c4ccccc4Cl)n3c2=O)cc1. The summed E-state index contributed by atoms with van der Waals surface area (Å²) in [7, 11) is 0. The molecule has 4 rings (SSSR count). The van der Waals surface area contributed by atoms with E-state index in [4.69, 9.17) is 16.3 Å². The minimum Gasteiger partial charge on any atom is -0.494 e. The van der Waals surface area contributed by atoms with Crippen LogP contribution in [0.5, 0.6) is 5.75 Å². The van der Waals surface area contributed by atoms with E-state index in [2.05, 4.69) is 10.2 Å². The van der Waals surface area contributed by atoms with Gasteiger partial charge in [0.2, 0.25) is 4.96 Å². The van der Waals surface area contributed by atoms with Crippen molar-refractivity contribution in [2.24, 2.45) is 0 Å². The molecule has 0 aliphatic carbocycles. The van der Waals surface area contributed by atoms with Crippen molar-refractivity contribution in [3.8, 4) is 17.1 Å². The molecule has 0 atom stereocenters. The van der Waals surface area contributed by atoms with E-state index in [0.717, 1.165) is 11.3 Å². The van der Waals surface area contributed by atoms with Crippen LogP contribution in [-0.4, -0.2) is 21.2 Å². The van der Waals surface area contributed by atoms with Crippen LogP contribution in [0.1, 0.15) is 12.5 Å². The summed E-state index contributed by atoms with van der Waals surface area (Å²) in [5.41, 5.74) is 1.45. The Hall–Kier alpha value is -2.70. The van der Waals surface area contributed by atoms with Gasteiger partial charge in [0.1, 0.15) is 5.75 Å². The van der Waals surface area contributed by atoms with Crippen LogP contribution in [0.15, 0.2) is 53.3 Å². The lowest BCUT2D eigenvalue weighted by atomic mass is 10.2. The highest BCUT2D eigenvalue weighted by Gasteiger charge is 2.15. The predicted octanol–water partition coefficient (Wildman–Crippen LogP) is 3.42. The standard InChI is InChI=1S/C19H14ClN3O2S/c1-2-25-13-9-7-12(8-10-13)11-16-18(24)23-17(21-22-19(23)26-16)14-5-3-4-6-15(14)20/h3-11H,2H2,1H3/b16-11+. The van der Waals surface area contributed by atoms with Crippen molar-refractivity contribution in [2.75, 3.05) is 6.61 Å². The third kappa shape index (κ3) is 2.98. The molecule has 0 spiro atoms. The first kappa shape index (κ1) is 16.8. The largest absolute Gasteiger partial charge is 0.494 e. The Bertz CT molecular complexity index is 1180. The third-order valence-corrected chi connectivity index (χ3v) is 5.14. The lowest BCUT2D eigenvalue weighted by Gasteiger charge is -2.01. The Morgan fingerprint density at radius 2 is 1.92 bits per heavy atom. The van der Waals surface area contributed by atoms with Gasteiger partial charge in [-0.15, -0.1) is 10.2 Å². The number of aromatic nitrogens is 3. The van der Waals surface area contributed by atoms with E-state index in [9.17, 15) is 4.79 Å². The van der Waals surface area contributed by atoms with Crippen LogP contribution < -0.4 is 14.8 Å². The van der Waals surface area contributed by atoms with Crippen LogP contribution in [0.25, 0.3) is 22.4 Å². The molecule has 0 unspecified atom stereocenters. The molecule has 2 heterocycles. The molecule has 2 aromatic heterocycles. The van der Waals surface area contributed by atoms with Gasteiger partial charge in [-0.25, -0.2) is 4.40 Å². The number of fused-ring (bicyclic) bond motifs is 1. The fraction of sp³-hybridized carbons (Fsp3) is 0.105. The van der Waals surface area contributed by atoms with Gasteiger partial charge >= 0.3 is 0 Å². The maximum absolute atomic E-state index is 12.9. The first-order valence-corrected chi connectivity index (χ1v) is 9.24. The van der Waals surface area contributed by atoms with E-state index in [0.29, 0.717) is 32.5 Å². The molecule has 0 aliphatic heterocycles. The fourth-order valence-corrected chi connectivity index (χ4v) is 3.79. The molecule has 0 N–H and O–H groups in total. The fourth-order valence-electron chi connectivity index (χ4n) is 2.66. The number of ether oxygens (including phenoxy) is 1. The van der Waals surface area contributed by atoms with Crippen LogP contribution >= 0.6 is 22.9 Å². The molecule has 5 nitrogen and oxygen atoms in total. The molecule has 4 aromatic rings. The average molecular weight is 384 g/mol. The molecule has 0 bridgehead atoms. The summed E-state index contributed by atoms with van der Waals surface area (Å²) in [6.07, 6.45) is 1.84. The number of hydrogen-bond donors (Lipinski definition) is 0. The molecular weight excluding hydrogens is 370 g/mol. The Balaban J connectivity index is 1.82. The summed E-state index contributed by atoms with van der Waals surface area (Å²) in [6.45, 7) is 2.56. The van der Waals surface area contributed by atoms with Crippen molar-refractivity contribution in [2.45, 2.75) is 6.92 Å². The molecule has 0 saturated carbocycles. The zero-order valence-electron chi connectivity index (χ0n) is 13.8. The third-order valence-electron chi connectivity index (χ3n) is 3.85. The molecule has 0 fully saturated rings. The monoisotopic (exact) mass is 383 g/mol. The van der Waals surface area contributed by atoms with Gasteiger partial charge in [0, 0.05) is 5.56 Å². The van der Waals surface area contributed by atoms with E-state index >= 15 is 0 Å². The van der Waals surface area contributed by atoms with Gasteiger partial charge in [0.05, 0.1) is 16.2 Å². The molecule has 0 aliphatic rings. The zero-order chi connectivity index (χ0) is 18.1. The minimum atomic E-state index is -0.154. The number of hydrogen-bond acceptors (Lipinski definition) is 5. The molecule has 130 valence electrons. The van der Waals surface area contributed by atoms with Crippen molar-refractivity contribution in [3.63, 3.8) is 0 Å². The quantitative estimate of drug-likeness (QED) is 0.542. The molecule has 26 heavy (non-hydrogen) atoms. The van der Waals surface area contributed by atoms with Crippen molar-refractivity contribution in [1.29, 1.82) is 0 Å².